The zero-order valence-corrected chi connectivity index (χ0v) is 32.6. The van der Waals surface area contributed by atoms with Crippen molar-refractivity contribution in [1.82, 2.24) is 0 Å². The molecule has 7 aromatic carbocycles. The van der Waals surface area contributed by atoms with Crippen molar-refractivity contribution in [1.29, 1.82) is 0 Å². The Labute approximate surface area is 327 Å². The summed E-state index contributed by atoms with van der Waals surface area (Å²) in [5.41, 5.74) is 17.5. The summed E-state index contributed by atoms with van der Waals surface area (Å²) in [7, 11) is 1.69. The van der Waals surface area contributed by atoms with Crippen LogP contribution in [0.2, 0.25) is 0 Å². The van der Waals surface area contributed by atoms with E-state index in [0.717, 1.165) is 56.6 Å². The summed E-state index contributed by atoms with van der Waals surface area (Å²) in [6.45, 7) is 10.8. The Morgan fingerprint density at radius 2 is 0.636 bits per heavy atom. The summed E-state index contributed by atoms with van der Waals surface area (Å²) in [4.78, 5) is 4.71. The van der Waals surface area contributed by atoms with Crippen LogP contribution < -0.4 is 14.5 Å². The highest BCUT2D eigenvalue weighted by Gasteiger charge is 2.18. The largest absolute Gasteiger partial charge is 0.497 e. The van der Waals surface area contributed by atoms with Crippen molar-refractivity contribution in [3.05, 3.63) is 208 Å². The molecule has 0 fully saturated rings. The topological polar surface area (TPSA) is 15.7 Å². The van der Waals surface area contributed by atoms with Gasteiger partial charge in [-0.2, -0.15) is 0 Å². The molecule has 7 aromatic rings. The van der Waals surface area contributed by atoms with Crippen molar-refractivity contribution in [3.8, 4) is 5.75 Å². The zero-order chi connectivity index (χ0) is 38.3. The van der Waals surface area contributed by atoms with Crippen LogP contribution >= 0.6 is 0 Å². The van der Waals surface area contributed by atoms with Gasteiger partial charge in [-0.15, -0.1) is 0 Å². The molecule has 0 aliphatic rings. The van der Waals surface area contributed by atoms with Gasteiger partial charge in [-0.1, -0.05) is 126 Å². The second kappa shape index (κ2) is 16.6. The molecule has 7 rings (SSSR count). The minimum Gasteiger partial charge on any atom is -0.497 e. The molecule has 0 aliphatic carbocycles. The van der Waals surface area contributed by atoms with Gasteiger partial charge < -0.3 is 14.5 Å². The van der Waals surface area contributed by atoms with E-state index in [0.29, 0.717) is 0 Å². The van der Waals surface area contributed by atoms with Gasteiger partial charge in [0.2, 0.25) is 0 Å². The molecule has 0 spiro atoms. The van der Waals surface area contributed by atoms with Crippen molar-refractivity contribution in [2.24, 2.45) is 0 Å². The Morgan fingerprint density at radius 3 is 0.964 bits per heavy atom. The van der Waals surface area contributed by atoms with E-state index in [9.17, 15) is 0 Å². The second-order valence-electron chi connectivity index (χ2n) is 14.3. The predicted octanol–water partition coefficient (Wildman–Crippen LogP) is 14.5. The molecular weight excluding hydrogens is 669 g/mol. The van der Waals surface area contributed by atoms with Gasteiger partial charge in [0, 0.05) is 34.1 Å². The van der Waals surface area contributed by atoms with Crippen LogP contribution in [0.15, 0.2) is 158 Å². The number of hydrogen-bond donors (Lipinski definition) is 0. The first-order valence-corrected chi connectivity index (χ1v) is 18.9. The van der Waals surface area contributed by atoms with E-state index < -0.39 is 0 Å². The standard InChI is InChI=1S/C52H48N2O/c1-37-7-11-42(12-8-37)13-14-43-17-23-46(24-18-43)53(51-33-9-38(2)35-40(51)4)48-27-29-49(30-28-48)54(52-34-10-39(3)36-41(52)5)47-25-19-44(20-26-47)15-16-45-21-31-50(55-6)32-22-45/h7-36H,1-6H3/b14-13+,16-15+. The maximum Gasteiger partial charge on any atom is 0.118 e. The Morgan fingerprint density at radius 1 is 0.345 bits per heavy atom. The molecule has 0 heterocycles. The first-order chi connectivity index (χ1) is 26.7. The molecular formula is C52H48N2O. The van der Waals surface area contributed by atoms with Gasteiger partial charge >= 0.3 is 0 Å². The minimum absolute atomic E-state index is 0.857. The van der Waals surface area contributed by atoms with Gasteiger partial charge in [0.1, 0.15) is 5.75 Å². The average molecular weight is 717 g/mol. The second-order valence-corrected chi connectivity index (χ2v) is 14.3. The predicted molar refractivity (Wildman–Crippen MR) is 237 cm³/mol. The quantitative estimate of drug-likeness (QED) is 0.124. The van der Waals surface area contributed by atoms with Gasteiger partial charge in [-0.25, -0.2) is 0 Å². The molecule has 3 nitrogen and oxygen atoms in total. The molecule has 0 aromatic heterocycles. The molecule has 3 heteroatoms. The van der Waals surface area contributed by atoms with Gasteiger partial charge in [0.25, 0.3) is 0 Å². The summed E-state index contributed by atoms with van der Waals surface area (Å²) >= 11 is 0. The van der Waals surface area contributed by atoms with Crippen molar-refractivity contribution in [2.75, 3.05) is 16.9 Å². The highest BCUT2D eigenvalue weighted by atomic mass is 16.5. The average Bonchev–Trinajstić information content (AvgIpc) is 3.20. The molecule has 272 valence electrons. The highest BCUT2D eigenvalue weighted by molar-refractivity contribution is 5.84. The fourth-order valence-corrected chi connectivity index (χ4v) is 6.96. The van der Waals surface area contributed by atoms with Crippen LogP contribution in [-0.2, 0) is 0 Å². The smallest absolute Gasteiger partial charge is 0.118 e. The monoisotopic (exact) mass is 716 g/mol. The molecule has 0 saturated heterocycles. The molecule has 0 radical (unpaired) electrons. The van der Waals surface area contributed by atoms with Gasteiger partial charge in [-0.05, 0) is 141 Å². The van der Waals surface area contributed by atoms with Crippen molar-refractivity contribution in [2.45, 2.75) is 34.6 Å². The number of anilines is 6. The fraction of sp³-hybridized carbons (Fsp3) is 0.115. The Bertz CT molecular complexity index is 2420. The van der Waals surface area contributed by atoms with E-state index in [-0.39, 0.29) is 0 Å². The lowest BCUT2D eigenvalue weighted by Gasteiger charge is -2.30. The molecule has 0 bridgehead atoms. The van der Waals surface area contributed by atoms with E-state index in [4.69, 9.17) is 4.74 Å². The SMILES string of the molecule is COc1ccc(/C=C/c2ccc(N(c3ccc(N(c4ccc(/C=C/c5ccc(C)cc5)cc4)c4ccc(C)cc4C)cc3)c3ccc(C)cc3C)cc2)cc1. The highest BCUT2D eigenvalue weighted by Crippen LogP contribution is 2.41. The van der Waals surface area contributed by atoms with Crippen LogP contribution in [0.4, 0.5) is 34.1 Å². The molecule has 0 amide bonds. The third-order valence-electron chi connectivity index (χ3n) is 9.98. The lowest BCUT2D eigenvalue weighted by atomic mass is 10.1. The Kier molecular flexibility index (Phi) is 11.1. The molecule has 0 unspecified atom stereocenters. The molecule has 0 N–H and O–H groups in total. The van der Waals surface area contributed by atoms with E-state index >= 15 is 0 Å². The molecule has 0 aliphatic heterocycles. The van der Waals surface area contributed by atoms with Crippen LogP contribution in [0.1, 0.15) is 50.1 Å². The van der Waals surface area contributed by atoms with Crippen LogP contribution in [-0.4, -0.2) is 7.11 Å². The number of benzene rings is 7. The lowest BCUT2D eigenvalue weighted by molar-refractivity contribution is 0.415. The van der Waals surface area contributed by atoms with E-state index in [1.165, 1.54) is 33.4 Å². The van der Waals surface area contributed by atoms with E-state index in [1.54, 1.807) is 7.11 Å². The first kappa shape index (κ1) is 36.8. The lowest BCUT2D eigenvalue weighted by Crippen LogP contribution is -2.13. The van der Waals surface area contributed by atoms with Crippen molar-refractivity contribution < 1.29 is 4.74 Å². The van der Waals surface area contributed by atoms with E-state index in [2.05, 4.69) is 214 Å². The normalized spacial score (nSPS) is 11.3. The zero-order valence-electron chi connectivity index (χ0n) is 32.6. The minimum atomic E-state index is 0.857. The third kappa shape index (κ3) is 8.80. The number of nitrogens with zero attached hydrogens (tertiary/aromatic N) is 2. The van der Waals surface area contributed by atoms with Crippen LogP contribution in [0.5, 0.6) is 5.75 Å². The van der Waals surface area contributed by atoms with Gasteiger partial charge in [0.15, 0.2) is 0 Å². The fourth-order valence-electron chi connectivity index (χ4n) is 6.96. The summed E-state index contributed by atoms with van der Waals surface area (Å²) in [6.07, 6.45) is 8.63. The number of hydrogen-bond acceptors (Lipinski definition) is 3. The Hall–Kier alpha value is -6.58. The summed E-state index contributed by atoms with van der Waals surface area (Å²) in [6, 6.07) is 56.6. The third-order valence-corrected chi connectivity index (χ3v) is 9.98. The maximum absolute atomic E-state index is 5.31. The number of ether oxygens (including phenoxy) is 1. The number of rotatable bonds is 11. The summed E-state index contributed by atoms with van der Waals surface area (Å²) in [5.74, 6) is 0.857. The van der Waals surface area contributed by atoms with Crippen LogP contribution in [0.25, 0.3) is 24.3 Å². The summed E-state index contributed by atoms with van der Waals surface area (Å²) in [5, 5.41) is 0. The number of methoxy groups -OCH3 is 1. The van der Waals surface area contributed by atoms with Gasteiger partial charge in [0.05, 0.1) is 7.11 Å². The first-order valence-electron chi connectivity index (χ1n) is 18.9. The van der Waals surface area contributed by atoms with Crippen molar-refractivity contribution in [3.63, 3.8) is 0 Å². The van der Waals surface area contributed by atoms with Crippen LogP contribution in [0.3, 0.4) is 0 Å². The Balaban J connectivity index is 1.22. The maximum atomic E-state index is 5.31. The molecule has 0 saturated carbocycles. The van der Waals surface area contributed by atoms with Crippen LogP contribution in [0, 0.1) is 34.6 Å². The van der Waals surface area contributed by atoms with E-state index in [1.807, 2.05) is 12.1 Å². The number of aryl methyl sites for hydroxylation is 5. The van der Waals surface area contributed by atoms with Crippen molar-refractivity contribution >= 4 is 58.4 Å². The van der Waals surface area contributed by atoms with Gasteiger partial charge in [-0.3, -0.25) is 0 Å². The molecule has 55 heavy (non-hydrogen) atoms. The molecule has 0 atom stereocenters. The summed E-state index contributed by atoms with van der Waals surface area (Å²) < 4.78 is 5.31.